The number of ether oxygens (including phenoxy) is 3. The van der Waals surface area contributed by atoms with Gasteiger partial charge in [-0.15, -0.1) is 0 Å². The van der Waals surface area contributed by atoms with Gasteiger partial charge < -0.3 is 19.5 Å². The molecular formula is C16H19F3N2O6. The van der Waals surface area contributed by atoms with Gasteiger partial charge in [0.25, 0.3) is 5.91 Å². The number of carbonyl (C=O) groups excluding carboxylic acids is 3. The summed E-state index contributed by atoms with van der Waals surface area (Å²) in [6.45, 7) is -1.84. The van der Waals surface area contributed by atoms with Crippen molar-refractivity contribution in [2.45, 2.75) is 12.8 Å². The van der Waals surface area contributed by atoms with E-state index in [1.165, 1.54) is 31.4 Å². The van der Waals surface area contributed by atoms with Crippen molar-refractivity contribution in [2.24, 2.45) is 0 Å². The standard InChI is InChI=1S/C16H19F3N2O6/c1-25-7-6-20-15(24)21-13(22)9-27-14(23)12-4-2-11(3-5-12)8-26-10-16(17,18)19/h2-5H,6-10H2,1H3,(H2,20,21,22,24). The van der Waals surface area contributed by atoms with Crippen LogP contribution in [0.1, 0.15) is 15.9 Å². The van der Waals surface area contributed by atoms with Crippen molar-refractivity contribution in [3.05, 3.63) is 35.4 Å². The van der Waals surface area contributed by atoms with E-state index < -0.39 is 37.3 Å². The molecule has 150 valence electrons. The Hall–Kier alpha value is -2.66. The van der Waals surface area contributed by atoms with Gasteiger partial charge >= 0.3 is 18.2 Å². The van der Waals surface area contributed by atoms with Gasteiger partial charge in [-0.1, -0.05) is 12.1 Å². The molecule has 0 aliphatic carbocycles. The number of esters is 1. The van der Waals surface area contributed by atoms with E-state index in [0.717, 1.165) is 0 Å². The van der Waals surface area contributed by atoms with Crippen LogP contribution in [0.5, 0.6) is 0 Å². The van der Waals surface area contributed by atoms with Crippen LogP contribution < -0.4 is 10.6 Å². The van der Waals surface area contributed by atoms with Crippen molar-refractivity contribution in [1.82, 2.24) is 10.6 Å². The van der Waals surface area contributed by atoms with Crippen LogP contribution in [-0.4, -0.2) is 57.6 Å². The van der Waals surface area contributed by atoms with Crippen molar-refractivity contribution in [2.75, 3.05) is 33.5 Å². The molecule has 1 aromatic rings. The Balaban J connectivity index is 2.35. The molecule has 0 fully saturated rings. The summed E-state index contributed by atoms with van der Waals surface area (Å²) in [5, 5.41) is 4.31. The normalized spacial score (nSPS) is 11.0. The smallest absolute Gasteiger partial charge is 0.411 e. The highest BCUT2D eigenvalue weighted by Crippen LogP contribution is 2.16. The highest BCUT2D eigenvalue weighted by Gasteiger charge is 2.27. The first-order valence-electron chi connectivity index (χ1n) is 7.68. The van der Waals surface area contributed by atoms with Crippen LogP contribution >= 0.6 is 0 Å². The molecule has 11 heteroatoms. The van der Waals surface area contributed by atoms with Crippen LogP contribution in [-0.2, 0) is 25.6 Å². The van der Waals surface area contributed by atoms with Gasteiger partial charge in [0.1, 0.15) is 6.61 Å². The molecule has 0 bridgehead atoms. The summed E-state index contributed by atoms with van der Waals surface area (Å²) in [6.07, 6.45) is -4.41. The maximum absolute atomic E-state index is 12.0. The highest BCUT2D eigenvalue weighted by molar-refractivity contribution is 5.97. The molecule has 0 radical (unpaired) electrons. The van der Waals surface area contributed by atoms with Crippen molar-refractivity contribution >= 4 is 17.9 Å². The van der Waals surface area contributed by atoms with E-state index in [1.54, 1.807) is 0 Å². The third kappa shape index (κ3) is 10.2. The van der Waals surface area contributed by atoms with Gasteiger partial charge in [0.15, 0.2) is 6.61 Å². The predicted octanol–water partition coefficient (Wildman–Crippen LogP) is 1.39. The van der Waals surface area contributed by atoms with Crippen molar-refractivity contribution < 1.29 is 41.8 Å². The van der Waals surface area contributed by atoms with Crippen LogP contribution in [0.15, 0.2) is 24.3 Å². The van der Waals surface area contributed by atoms with Gasteiger partial charge in [0, 0.05) is 13.7 Å². The predicted molar refractivity (Wildman–Crippen MR) is 85.9 cm³/mol. The Bertz CT molecular complexity index is 634. The van der Waals surface area contributed by atoms with Gasteiger partial charge in [-0.3, -0.25) is 10.1 Å². The number of methoxy groups -OCH3 is 1. The third-order valence-corrected chi connectivity index (χ3v) is 2.90. The molecule has 0 aliphatic rings. The second-order valence-electron chi connectivity index (χ2n) is 5.18. The molecule has 1 rings (SSSR count). The number of benzene rings is 1. The molecule has 0 aliphatic heterocycles. The van der Waals surface area contributed by atoms with Crippen LogP contribution in [0, 0.1) is 0 Å². The molecule has 0 aromatic heterocycles. The van der Waals surface area contributed by atoms with E-state index in [0.29, 0.717) is 5.56 Å². The van der Waals surface area contributed by atoms with Crippen LogP contribution in [0.25, 0.3) is 0 Å². The lowest BCUT2D eigenvalue weighted by molar-refractivity contribution is -0.176. The van der Waals surface area contributed by atoms with E-state index in [-0.39, 0.29) is 25.3 Å². The molecule has 0 spiro atoms. The lowest BCUT2D eigenvalue weighted by atomic mass is 10.1. The molecule has 8 nitrogen and oxygen atoms in total. The van der Waals surface area contributed by atoms with E-state index in [2.05, 4.69) is 10.1 Å². The first kappa shape index (κ1) is 22.4. The molecule has 0 unspecified atom stereocenters. The number of urea groups is 1. The van der Waals surface area contributed by atoms with Crippen molar-refractivity contribution in [3.63, 3.8) is 0 Å². The average molecular weight is 392 g/mol. The largest absolute Gasteiger partial charge is 0.452 e. The molecule has 27 heavy (non-hydrogen) atoms. The number of rotatable bonds is 9. The first-order chi connectivity index (χ1) is 12.7. The topological polar surface area (TPSA) is 103 Å². The number of hydrogen-bond donors (Lipinski definition) is 2. The van der Waals surface area contributed by atoms with Crippen LogP contribution in [0.4, 0.5) is 18.0 Å². The number of nitrogens with one attached hydrogen (secondary N) is 2. The highest BCUT2D eigenvalue weighted by atomic mass is 19.4. The first-order valence-corrected chi connectivity index (χ1v) is 7.68. The number of halogens is 3. The summed E-state index contributed by atoms with van der Waals surface area (Å²) in [7, 11) is 1.45. The molecule has 0 atom stereocenters. The monoisotopic (exact) mass is 392 g/mol. The zero-order valence-corrected chi connectivity index (χ0v) is 14.4. The summed E-state index contributed by atoms with van der Waals surface area (Å²) in [5.41, 5.74) is 0.521. The number of hydrogen-bond acceptors (Lipinski definition) is 6. The van der Waals surface area contributed by atoms with E-state index in [1.807, 2.05) is 5.32 Å². The molecular weight excluding hydrogens is 373 g/mol. The van der Waals surface area contributed by atoms with Crippen LogP contribution in [0.2, 0.25) is 0 Å². The van der Waals surface area contributed by atoms with E-state index >= 15 is 0 Å². The summed E-state index contributed by atoms with van der Waals surface area (Å²) in [4.78, 5) is 34.6. The Morgan fingerprint density at radius 3 is 2.37 bits per heavy atom. The molecule has 0 heterocycles. The molecule has 0 saturated carbocycles. The fourth-order valence-electron chi connectivity index (χ4n) is 1.71. The minimum atomic E-state index is -4.41. The van der Waals surface area contributed by atoms with Crippen LogP contribution in [0.3, 0.4) is 0 Å². The van der Waals surface area contributed by atoms with Crippen molar-refractivity contribution in [1.29, 1.82) is 0 Å². The fraction of sp³-hybridized carbons (Fsp3) is 0.438. The van der Waals surface area contributed by atoms with Gasteiger partial charge in [-0.05, 0) is 17.7 Å². The minimum Gasteiger partial charge on any atom is -0.452 e. The fourth-order valence-corrected chi connectivity index (χ4v) is 1.71. The summed E-state index contributed by atoms with van der Waals surface area (Å²) in [6, 6.07) is 4.69. The molecule has 0 saturated heterocycles. The summed E-state index contributed by atoms with van der Waals surface area (Å²) in [5.74, 6) is -1.65. The lowest BCUT2D eigenvalue weighted by Crippen LogP contribution is -2.42. The van der Waals surface area contributed by atoms with E-state index in [9.17, 15) is 27.6 Å². The number of imide groups is 1. The Kier molecular flexibility index (Phi) is 9.23. The summed E-state index contributed by atoms with van der Waals surface area (Å²) < 4.78 is 49.9. The van der Waals surface area contributed by atoms with Gasteiger partial charge in [0.2, 0.25) is 0 Å². The van der Waals surface area contributed by atoms with Gasteiger partial charge in [-0.2, -0.15) is 13.2 Å². The molecule has 1 aromatic carbocycles. The number of carbonyl (C=O) groups is 3. The second-order valence-corrected chi connectivity index (χ2v) is 5.18. The van der Waals surface area contributed by atoms with Crippen molar-refractivity contribution in [3.8, 4) is 0 Å². The molecule has 2 N–H and O–H groups in total. The third-order valence-electron chi connectivity index (χ3n) is 2.90. The quantitative estimate of drug-likeness (QED) is 0.486. The number of amides is 3. The second kappa shape index (κ2) is 11.1. The SMILES string of the molecule is COCCNC(=O)NC(=O)COC(=O)c1ccc(COCC(F)(F)F)cc1. The van der Waals surface area contributed by atoms with E-state index in [4.69, 9.17) is 9.47 Å². The maximum Gasteiger partial charge on any atom is 0.411 e. The number of alkyl halides is 3. The zero-order valence-electron chi connectivity index (χ0n) is 14.4. The minimum absolute atomic E-state index is 0.0897. The van der Waals surface area contributed by atoms with Gasteiger partial charge in [0.05, 0.1) is 18.8 Å². The maximum atomic E-state index is 12.0. The molecule has 3 amide bonds. The average Bonchev–Trinajstić information content (AvgIpc) is 2.59. The lowest BCUT2D eigenvalue weighted by Gasteiger charge is -2.09. The Morgan fingerprint density at radius 1 is 1.11 bits per heavy atom. The van der Waals surface area contributed by atoms with Gasteiger partial charge in [-0.25, -0.2) is 9.59 Å². The Morgan fingerprint density at radius 2 is 1.78 bits per heavy atom. The Labute approximate surface area is 153 Å². The zero-order chi connectivity index (χ0) is 20.3. The summed E-state index contributed by atoms with van der Waals surface area (Å²) >= 11 is 0.